The zero-order valence-corrected chi connectivity index (χ0v) is 11.5. The van der Waals surface area contributed by atoms with Gasteiger partial charge in [0.25, 0.3) is 0 Å². The molecule has 0 amide bonds. The van der Waals surface area contributed by atoms with E-state index >= 15 is 0 Å². The van der Waals surface area contributed by atoms with Crippen molar-refractivity contribution in [3.8, 4) is 17.6 Å². The second-order valence-electron chi connectivity index (χ2n) is 4.48. The molecule has 2 nitrogen and oxygen atoms in total. The Kier molecular flexibility index (Phi) is 5.50. The van der Waals surface area contributed by atoms with Crippen molar-refractivity contribution in [3.05, 3.63) is 29.6 Å². The molecule has 0 radical (unpaired) electrons. The smallest absolute Gasteiger partial charge is 0.165 e. The minimum absolute atomic E-state index is 0.264. The maximum Gasteiger partial charge on any atom is 0.165 e. The molecule has 0 unspecified atom stereocenters. The number of nitrogens with zero attached hydrogens (tertiary/aromatic N) is 1. The Morgan fingerprint density at radius 3 is 2.84 bits per heavy atom. The number of rotatable bonds is 4. The lowest BCUT2D eigenvalue weighted by atomic mass is 10.2. The largest absolute Gasteiger partial charge is 0.489 e. The zero-order chi connectivity index (χ0) is 13.5. The maximum atomic E-state index is 13.6. The van der Waals surface area contributed by atoms with Crippen LogP contribution < -0.4 is 4.74 Å². The molecule has 1 saturated heterocycles. The summed E-state index contributed by atoms with van der Waals surface area (Å²) in [5.41, 5.74) is 0.721. The second kappa shape index (κ2) is 7.37. The molecule has 4 heteroatoms. The predicted molar refractivity (Wildman–Crippen MR) is 75.2 cm³/mol. The number of benzene rings is 1. The van der Waals surface area contributed by atoms with E-state index in [1.165, 1.54) is 18.9 Å². The summed E-state index contributed by atoms with van der Waals surface area (Å²) in [6.07, 6.45) is 2.50. The van der Waals surface area contributed by atoms with E-state index in [1.54, 1.807) is 12.1 Å². The minimum atomic E-state index is -0.349. The average molecular weight is 282 g/mol. The Bertz CT molecular complexity index is 475. The average Bonchev–Trinajstić information content (AvgIpc) is 2.92. The molecule has 0 aromatic heterocycles. The van der Waals surface area contributed by atoms with E-state index in [0.717, 1.165) is 25.2 Å². The van der Waals surface area contributed by atoms with Crippen molar-refractivity contribution < 1.29 is 9.13 Å². The number of alkyl halides is 1. The van der Waals surface area contributed by atoms with Crippen LogP contribution in [0.3, 0.4) is 0 Å². The third kappa shape index (κ3) is 4.41. The molecule has 1 fully saturated rings. The van der Waals surface area contributed by atoms with Crippen LogP contribution in [0.25, 0.3) is 0 Å². The summed E-state index contributed by atoms with van der Waals surface area (Å²) < 4.78 is 19.1. The number of halogens is 2. The summed E-state index contributed by atoms with van der Waals surface area (Å²) in [5, 5.41) is 0. The third-order valence-electron chi connectivity index (χ3n) is 3.09. The SMILES string of the molecule is Fc1ccc(C#CCCl)cc1OCCN1CCCC1. The van der Waals surface area contributed by atoms with Crippen LogP contribution in [-0.4, -0.2) is 37.0 Å². The van der Waals surface area contributed by atoms with Crippen LogP contribution in [-0.2, 0) is 0 Å². The van der Waals surface area contributed by atoms with Crippen molar-refractivity contribution >= 4 is 11.6 Å². The first-order chi connectivity index (χ1) is 9.29. The van der Waals surface area contributed by atoms with Crippen LogP contribution in [0.2, 0.25) is 0 Å². The van der Waals surface area contributed by atoms with Gasteiger partial charge in [-0.2, -0.15) is 0 Å². The van der Waals surface area contributed by atoms with Crippen LogP contribution in [0, 0.1) is 17.7 Å². The number of ether oxygens (including phenoxy) is 1. The lowest BCUT2D eigenvalue weighted by Gasteiger charge is -2.15. The molecule has 102 valence electrons. The second-order valence-corrected chi connectivity index (χ2v) is 4.75. The lowest BCUT2D eigenvalue weighted by molar-refractivity contribution is 0.231. The highest BCUT2D eigenvalue weighted by Crippen LogP contribution is 2.18. The van der Waals surface area contributed by atoms with E-state index in [2.05, 4.69) is 16.7 Å². The first-order valence-corrected chi connectivity index (χ1v) is 7.02. The molecule has 1 aliphatic rings. The normalized spacial score (nSPS) is 15.1. The predicted octanol–water partition coefficient (Wildman–Crippen LogP) is 2.89. The molecule has 19 heavy (non-hydrogen) atoms. The van der Waals surface area contributed by atoms with Crippen molar-refractivity contribution in [1.82, 2.24) is 4.90 Å². The summed E-state index contributed by atoms with van der Waals surface area (Å²) in [6, 6.07) is 4.63. The molecule has 0 N–H and O–H groups in total. The van der Waals surface area contributed by atoms with E-state index in [1.807, 2.05) is 0 Å². The zero-order valence-electron chi connectivity index (χ0n) is 10.8. The van der Waals surface area contributed by atoms with Gasteiger partial charge in [-0.25, -0.2) is 4.39 Å². The molecule has 2 rings (SSSR count). The number of likely N-dealkylation sites (tertiary alicyclic amines) is 1. The van der Waals surface area contributed by atoms with Crippen LogP contribution in [0.5, 0.6) is 5.75 Å². The molecule has 1 aromatic carbocycles. The van der Waals surface area contributed by atoms with E-state index < -0.39 is 0 Å². The molecule has 1 heterocycles. The van der Waals surface area contributed by atoms with Gasteiger partial charge in [0.15, 0.2) is 11.6 Å². The Labute approximate surface area is 118 Å². The molecule has 0 spiro atoms. The first kappa shape index (κ1) is 14.2. The highest BCUT2D eigenvalue weighted by molar-refractivity contribution is 6.19. The molecule has 0 saturated carbocycles. The van der Waals surface area contributed by atoms with Gasteiger partial charge in [0, 0.05) is 12.1 Å². The number of hydrogen-bond acceptors (Lipinski definition) is 2. The summed E-state index contributed by atoms with van der Waals surface area (Å²) in [4.78, 5) is 2.33. The van der Waals surface area contributed by atoms with Crippen molar-refractivity contribution in [1.29, 1.82) is 0 Å². The van der Waals surface area contributed by atoms with Gasteiger partial charge in [-0.1, -0.05) is 11.8 Å². The number of hydrogen-bond donors (Lipinski definition) is 0. The van der Waals surface area contributed by atoms with Crippen LogP contribution in [0.4, 0.5) is 4.39 Å². The summed E-state index contributed by atoms with van der Waals surface area (Å²) in [5.74, 6) is 5.78. The summed E-state index contributed by atoms with van der Waals surface area (Å²) in [6.45, 7) is 3.58. The van der Waals surface area contributed by atoms with Crippen LogP contribution >= 0.6 is 11.6 Å². The van der Waals surface area contributed by atoms with Gasteiger partial charge in [-0.05, 0) is 44.1 Å². The topological polar surface area (TPSA) is 12.5 Å². The highest BCUT2D eigenvalue weighted by Gasteiger charge is 2.11. The Hall–Kier alpha value is -1.24. The fourth-order valence-electron chi connectivity index (χ4n) is 2.12. The maximum absolute atomic E-state index is 13.6. The molecule has 1 aromatic rings. The van der Waals surface area contributed by atoms with E-state index in [0.29, 0.717) is 6.61 Å². The van der Waals surface area contributed by atoms with Gasteiger partial charge in [-0.15, -0.1) is 11.6 Å². The van der Waals surface area contributed by atoms with E-state index in [-0.39, 0.29) is 17.4 Å². The molecular formula is C15H17ClFNO. The molecule has 0 bridgehead atoms. The first-order valence-electron chi connectivity index (χ1n) is 6.49. The summed E-state index contributed by atoms with van der Waals surface area (Å²) >= 11 is 5.49. The van der Waals surface area contributed by atoms with Crippen molar-refractivity contribution in [2.45, 2.75) is 12.8 Å². The quantitative estimate of drug-likeness (QED) is 0.622. The monoisotopic (exact) mass is 281 g/mol. The Balaban J connectivity index is 1.90. The van der Waals surface area contributed by atoms with Gasteiger partial charge in [0.05, 0.1) is 5.88 Å². The van der Waals surface area contributed by atoms with Gasteiger partial charge >= 0.3 is 0 Å². The van der Waals surface area contributed by atoms with Crippen LogP contribution in [0.15, 0.2) is 18.2 Å². The Morgan fingerprint density at radius 1 is 1.32 bits per heavy atom. The van der Waals surface area contributed by atoms with E-state index in [4.69, 9.17) is 16.3 Å². The van der Waals surface area contributed by atoms with Gasteiger partial charge < -0.3 is 4.74 Å². The van der Waals surface area contributed by atoms with E-state index in [9.17, 15) is 4.39 Å². The highest BCUT2D eigenvalue weighted by atomic mass is 35.5. The van der Waals surface area contributed by atoms with Gasteiger partial charge in [0.1, 0.15) is 6.61 Å². The standard InChI is InChI=1S/C15H17ClFNO/c16-7-3-4-13-5-6-14(17)15(12-13)19-11-10-18-8-1-2-9-18/h5-6,12H,1-2,7-11H2. The molecule has 0 aliphatic carbocycles. The minimum Gasteiger partial charge on any atom is -0.489 e. The third-order valence-corrected chi connectivity index (χ3v) is 3.23. The lowest BCUT2D eigenvalue weighted by Crippen LogP contribution is -2.25. The van der Waals surface area contributed by atoms with Gasteiger partial charge in [0.2, 0.25) is 0 Å². The fraction of sp³-hybridized carbons (Fsp3) is 0.467. The van der Waals surface area contributed by atoms with Gasteiger partial charge in [-0.3, -0.25) is 4.90 Å². The van der Waals surface area contributed by atoms with Crippen molar-refractivity contribution in [2.75, 3.05) is 32.1 Å². The van der Waals surface area contributed by atoms with Crippen molar-refractivity contribution in [2.24, 2.45) is 0 Å². The Morgan fingerprint density at radius 2 is 2.11 bits per heavy atom. The summed E-state index contributed by atoms with van der Waals surface area (Å²) in [7, 11) is 0. The fourth-order valence-corrected chi connectivity index (χ4v) is 2.18. The molecule has 1 aliphatic heterocycles. The van der Waals surface area contributed by atoms with Crippen LogP contribution in [0.1, 0.15) is 18.4 Å². The molecule has 0 atom stereocenters. The van der Waals surface area contributed by atoms with Crippen molar-refractivity contribution in [3.63, 3.8) is 0 Å². The molecular weight excluding hydrogens is 265 g/mol.